The van der Waals surface area contributed by atoms with Crippen molar-refractivity contribution in [3.63, 3.8) is 0 Å². The van der Waals surface area contributed by atoms with Gasteiger partial charge in [-0.3, -0.25) is 4.79 Å². The van der Waals surface area contributed by atoms with Gasteiger partial charge in [-0.1, -0.05) is 48.5 Å². The highest BCUT2D eigenvalue weighted by molar-refractivity contribution is 5.95. The van der Waals surface area contributed by atoms with Crippen molar-refractivity contribution < 1.29 is 4.79 Å². The summed E-state index contributed by atoms with van der Waals surface area (Å²) in [5.74, 6) is 0.625. The molecular weight excluding hydrogens is 272 g/mol. The number of hydrogen-bond acceptors (Lipinski definition) is 2. The third-order valence-electron chi connectivity index (χ3n) is 4.22. The Bertz CT molecular complexity index is 618. The molecule has 1 aliphatic rings. The summed E-state index contributed by atoms with van der Waals surface area (Å²) in [5, 5.41) is 6.43. The standard InChI is InChI=1S/C19H22N2O/c22-19(14-15-10-12-20-13-11-15)21-18-9-5-4-8-17(18)16-6-2-1-3-7-16/h1-9,15,20H,10-14H2,(H,21,22). The molecule has 2 N–H and O–H groups in total. The van der Waals surface area contributed by atoms with Crippen LogP contribution in [0.3, 0.4) is 0 Å². The van der Waals surface area contributed by atoms with E-state index in [-0.39, 0.29) is 5.91 Å². The summed E-state index contributed by atoms with van der Waals surface area (Å²) < 4.78 is 0. The van der Waals surface area contributed by atoms with Gasteiger partial charge in [0.05, 0.1) is 0 Å². The van der Waals surface area contributed by atoms with E-state index in [1.807, 2.05) is 36.4 Å². The molecule has 0 aromatic heterocycles. The van der Waals surface area contributed by atoms with Crippen molar-refractivity contribution in [1.29, 1.82) is 0 Å². The van der Waals surface area contributed by atoms with Gasteiger partial charge < -0.3 is 10.6 Å². The van der Waals surface area contributed by atoms with Gasteiger partial charge in [-0.2, -0.15) is 0 Å². The molecule has 1 amide bonds. The summed E-state index contributed by atoms with van der Waals surface area (Å²) in [6, 6.07) is 18.2. The Balaban J connectivity index is 1.71. The number of nitrogens with one attached hydrogen (secondary N) is 2. The van der Waals surface area contributed by atoms with E-state index in [9.17, 15) is 4.79 Å². The molecule has 0 radical (unpaired) electrons. The monoisotopic (exact) mass is 294 g/mol. The fourth-order valence-corrected chi connectivity index (χ4v) is 3.01. The minimum Gasteiger partial charge on any atom is -0.326 e. The van der Waals surface area contributed by atoms with Crippen LogP contribution in [0.25, 0.3) is 11.1 Å². The molecule has 0 aliphatic carbocycles. The zero-order valence-corrected chi connectivity index (χ0v) is 12.7. The van der Waals surface area contributed by atoms with Crippen molar-refractivity contribution in [3.05, 3.63) is 54.6 Å². The largest absolute Gasteiger partial charge is 0.326 e. The zero-order chi connectivity index (χ0) is 15.2. The predicted octanol–water partition coefficient (Wildman–Crippen LogP) is 3.68. The Morgan fingerprint density at radius 1 is 1.00 bits per heavy atom. The normalized spacial score (nSPS) is 15.5. The van der Waals surface area contributed by atoms with Crippen molar-refractivity contribution in [2.45, 2.75) is 19.3 Å². The fraction of sp³-hybridized carbons (Fsp3) is 0.316. The van der Waals surface area contributed by atoms with Gasteiger partial charge in [0.1, 0.15) is 0 Å². The van der Waals surface area contributed by atoms with Crippen molar-refractivity contribution in [1.82, 2.24) is 5.32 Å². The number of rotatable bonds is 4. The third kappa shape index (κ3) is 3.74. The van der Waals surface area contributed by atoms with E-state index in [0.29, 0.717) is 12.3 Å². The summed E-state index contributed by atoms with van der Waals surface area (Å²) in [7, 11) is 0. The van der Waals surface area contributed by atoms with Crippen LogP contribution in [-0.4, -0.2) is 19.0 Å². The van der Waals surface area contributed by atoms with Crippen molar-refractivity contribution in [2.24, 2.45) is 5.92 Å². The number of piperidine rings is 1. The molecule has 1 fully saturated rings. The molecular formula is C19H22N2O. The van der Waals surface area contributed by atoms with Gasteiger partial charge in [0.2, 0.25) is 5.91 Å². The summed E-state index contributed by atoms with van der Waals surface area (Å²) in [4.78, 5) is 12.3. The number of carbonyl (C=O) groups is 1. The molecule has 2 aromatic rings. The van der Waals surface area contributed by atoms with Gasteiger partial charge in [-0.25, -0.2) is 0 Å². The van der Waals surface area contributed by atoms with E-state index in [0.717, 1.165) is 42.7 Å². The van der Waals surface area contributed by atoms with Crippen LogP contribution in [0.5, 0.6) is 0 Å². The van der Waals surface area contributed by atoms with E-state index in [1.165, 1.54) is 0 Å². The molecule has 1 saturated heterocycles. The maximum atomic E-state index is 12.3. The quantitative estimate of drug-likeness (QED) is 0.903. The lowest BCUT2D eigenvalue weighted by Crippen LogP contribution is -2.30. The number of benzene rings is 2. The number of para-hydroxylation sites is 1. The Labute approximate surface area is 131 Å². The summed E-state index contributed by atoms with van der Waals surface area (Å²) in [6.07, 6.45) is 2.80. The summed E-state index contributed by atoms with van der Waals surface area (Å²) in [5.41, 5.74) is 3.09. The first-order chi connectivity index (χ1) is 10.8. The van der Waals surface area contributed by atoms with Gasteiger partial charge in [0, 0.05) is 17.7 Å². The van der Waals surface area contributed by atoms with Crippen LogP contribution in [0.15, 0.2) is 54.6 Å². The maximum Gasteiger partial charge on any atom is 0.224 e. The van der Waals surface area contributed by atoms with Crippen LogP contribution in [0.4, 0.5) is 5.69 Å². The first kappa shape index (κ1) is 14.8. The first-order valence-corrected chi connectivity index (χ1v) is 7.98. The van der Waals surface area contributed by atoms with Crippen LogP contribution < -0.4 is 10.6 Å². The second-order valence-electron chi connectivity index (χ2n) is 5.86. The number of anilines is 1. The predicted molar refractivity (Wildman–Crippen MR) is 90.7 cm³/mol. The molecule has 1 aliphatic heterocycles. The van der Waals surface area contributed by atoms with Crippen LogP contribution in [0.2, 0.25) is 0 Å². The first-order valence-electron chi connectivity index (χ1n) is 7.98. The lowest BCUT2D eigenvalue weighted by Gasteiger charge is -2.22. The molecule has 0 bridgehead atoms. The minimum absolute atomic E-state index is 0.121. The Kier molecular flexibility index (Phi) is 4.86. The molecule has 2 aromatic carbocycles. The second kappa shape index (κ2) is 7.23. The minimum atomic E-state index is 0.121. The summed E-state index contributed by atoms with van der Waals surface area (Å²) >= 11 is 0. The smallest absolute Gasteiger partial charge is 0.224 e. The Morgan fingerprint density at radius 3 is 2.45 bits per heavy atom. The second-order valence-corrected chi connectivity index (χ2v) is 5.86. The third-order valence-corrected chi connectivity index (χ3v) is 4.22. The molecule has 3 heteroatoms. The average Bonchev–Trinajstić information content (AvgIpc) is 2.57. The van der Waals surface area contributed by atoms with E-state index in [4.69, 9.17) is 0 Å². The fourth-order valence-electron chi connectivity index (χ4n) is 3.01. The molecule has 22 heavy (non-hydrogen) atoms. The summed E-state index contributed by atoms with van der Waals surface area (Å²) in [6.45, 7) is 2.05. The number of carbonyl (C=O) groups excluding carboxylic acids is 1. The average molecular weight is 294 g/mol. The maximum absolute atomic E-state index is 12.3. The van der Waals surface area contributed by atoms with Crippen LogP contribution in [0, 0.1) is 5.92 Å². The lowest BCUT2D eigenvalue weighted by molar-refractivity contribution is -0.117. The van der Waals surface area contributed by atoms with Gasteiger partial charge in [-0.15, -0.1) is 0 Å². The molecule has 0 unspecified atom stereocenters. The van der Waals surface area contributed by atoms with E-state index in [1.54, 1.807) is 0 Å². The van der Waals surface area contributed by atoms with Crippen molar-refractivity contribution >= 4 is 11.6 Å². The molecule has 0 atom stereocenters. The van der Waals surface area contributed by atoms with E-state index >= 15 is 0 Å². The van der Waals surface area contributed by atoms with Crippen LogP contribution in [-0.2, 0) is 4.79 Å². The molecule has 3 nitrogen and oxygen atoms in total. The topological polar surface area (TPSA) is 41.1 Å². The lowest BCUT2D eigenvalue weighted by atomic mass is 9.94. The highest BCUT2D eigenvalue weighted by Gasteiger charge is 2.17. The van der Waals surface area contributed by atoms with E-state index < -0.39 is 0 Å². The zero-order valence-electron chi connectivity index (χ0n) is 12.7. The van der Waals surface area contributed by atoms with Gasteiger partial charge >= 0.3 is 0 Å². The van der Waals surface area contributed by atoms with Crippen LogP contribution in [0.1, 0.15) is 19.3 Å². The molecule has 0 spiro atoms. The van der Waals surface area contributed by atoms with Gasteiger partial charge in [-0.05, 0) is 43.5 Å². The van der Waals surface area contributed by atoms with Gasteiger partial charge in [0.15, 0.2) is 0 Å². The molecule has 3 rings (SSSR count). The SMILES string of the molecule is O=C(CC1CCNCC1)Nc1ccccc1-c1ccccc1. The molecule has 1 heterocycles. The molecule has 114 valence electrons. The number of hydrogen-bond donors (Lipinski definition) is 2. The van der Waals surface area contributed by atoms with Crippen molar-refractivity contribution in [3.8, 4) is 11.1 Å². The molecule has 0 saturated carbocycles. The van der Waals surface area contributed by atoms with E-state index in [2.05, 4.69) is 28.8 Å². The van der Waals surface area contributed by atoms with Crippen molar-refractivity contribution in [2.75, 3.05) is 18.4 Å². The van der Waals surface area contributed by atoms with Crippen LogP contribution >= 0.6 is 0 Å². The van der Waals surface area contributed by atoms with Gasteiger partial charge in [0.25, 0.3) is 0 Å². The Morgan fingerprint density at radius 2 is 1.68 bits per heavy atom. The highest BCUT2D eigenvalue weighted by Crippen LogP contribution is 2.28. The highest BCUT2D eigenvalue weighted by atomic mass is 16.1. The number of amides is 1. The Hall–Kier alpha value is -2.13.